The third-order valence-corrected chi connectivity index (χ3v) is 2.94. The molecule has 2 rings (SSSR count). The number of nitriles is 1. The molecule has 2 atom stereocenters. The van der Waals surface area contributed by atoms with Gasteiger partial charge in [-0.2, -0.15) is 5.26 Å². The molecule has 1 aliphatic heterocycles. The second-order valence-electron chi connectivity index (χ2n) is 4.17. The van der Waals surface area contributed by atoms with Crippen LogP contribution in [0.25, 0.3) is 0 Å². The number of hydrogen-bond acceptors (Lipinski definition) is 4. The van der Waals surface area contributed by atoms with Gasteiger partial charge in [0.2, 0.25) is 0 Å². The average Bonchev–Trinajstić information content (AvgIpc) is 2.39. The van der Waals surface area contributed by atoms with Gasteiger partial charge in [-0.05, 0) is 13.0 Å². The molecular weight excluding hydrogens is 216 g/mol. The number of hydrogen-bond donors (Lipinski definition) is 1. The van der Waals surface area contributed by atoms with Gasteiger partial charge in [0.1, 0.15) is 0 Å². The molecule has 0 amide bonds. The van der Waals surface area contributed by atoms with E-state index in [0.717, 1.165) is 17.8 Å². The Morgan fingerprint density at radius 1 is 1.53 bits per heavy atom. The first-order valence-electron chi connectivity index (χ1n) is 5.75. The van der Waals surface area contributed by atoms with Gasteiger partial charge in [0.15, 0.2) is 6.10 Å². The SMILES string of the molecule is C[C@@H](O)c1ccccc1N1CCOC(C#N)C1. The van der Waals surface area contributed by atoms with Crippen LogP contribution in [0.15, 0.2) is 24.3 Å². The molecular formula is C13H16N2O2. The molecule has 4 heteroatoms. The summed E-state index contributed by atoms with van der Waals surface area (Å²) in [5, 5.41) is 18.6. The third-order valence-electron chi connectivity index (χ3n) is 2.94. The van der Waals surface area contributed by atoms with Crippen molar-refractivity contribution >= 4 is 5.69 Å². The number of morpholine rings is 1. The lowest BCUT2D eigenvalue weighted by atomic mass is 10.1. The maximum Gasteiger partial charge on any atom is 0.161 e. The fourth-order valence-corrected chi connectivity index (χ4v) is 2.07. The normalized spacial score (nSPS) is 21.9. The Balaban J connectivity index is 2.25. The zero-order valence-corrected chi connectivity index (χ0v) is 9.84. The maximum atomic E-state index is 9.74. The molecule has 17 heavy (non-hydrogen) atoms. The summed E-state index contributed by atoms with van der Waals surface area (Å²) in [7, 11) is 0. The summed E-state index contributed by atoms with van der Waals surface area (Å²) in [6.07, 6.45) is -0.889. The molecule has 0 spiro atoms. The first-order valence-corrected chi connectivity index (χ1v) is 5.75. The standard InChI is InChI=1S/C13H16N2O2/c1-10(16)12-4-2-3-5-13(12)15-6-7-17-11(8-14)9-15/h2-5,10-11,16H,6-7,9H2,1H3/t10-,11?/m1/s1. The summed E-state index contributed by atoms with van der Waals surface area (Å²) in [5.41, 5.74) is 1.89. The van der Waals surface area contributed by atoms with Crippen molar-refractivity contribution in [2.75, 3.05) is 24.6 Å². The van der Waals surface area contributed by atoms with Crippen LogP contribution in [0, 0.1) is 11.3 Å². The van der Waals surface area contributed by atoms with Crippen molar-refractivity contribution in [1.82, 2.24) is 0 Å². The van der Waals surface area contributed by atoms with Crippen molar-refractivity contribution in [1.29, 1.82) is 5.26 Å². The number of nitrogens with zero attached hydrogens (tertiary/aromatic N) is 2. The maximum absolute atomic E-state index is 9.74. The van der Waals surface area contributed by atoms with Gasteiger partial charge in [0.05, 0.1) is 25.3 Å². The van der Waals surface area contributed by atoms with Gasteiger partial charge in [0, 0.05) is 17.8 Å². The first kappa shape index (κ1) is 11.9. The van der Waals surface area contributed by atoms with Gasteiger partial charge < -0.3 is 14.7 Å². The molecule has 0 aliphatic carbocycles. The van der Waals surface area contributed by atoms with Crippen LogP contribution in [0.1, 0.15) is 18.6 Å². The second kappa shape index (κ2) is 5.17. The minimum Gasteiger partial charge on any atom is -0.389 e. The summed E-state index contributed by atoms with van der Waals surface area (Å²) in [5.74, 6) is 0. The molecule has 1 fully saturated rings. The molecule has 0 bridgehead atoms. The molecule has 1 unspecified atom stereocenters. The molecule has 4 nitrogen and oxygen atoms in total. The smallest absolute Gasteiger partial charge is 0.161 e. The predicted molar refractivity (Wildman–Crippen MR) is 64.6 cm³/mol. The van der Waals surface area contributed by atoms with Crippen molar-refractivity contribution in [2.45, 2.75) is 19.1 Å². The van der Waals surface area contributed by atoms with E-state index in [1.807, 2.05) is 24.3 Å². The van der Waals surface area contributed by atoms with Crippen LogP contribution in [0.4, 0.5) is 5.69 Å². The Hall–Kier alpha value is -1.57. The van der Waals surface area contributed by atoms with E-state index in [1.165, 1.54) is 0 Å². The van der Waals surface area contributed by atoms with Crippen molar-refractivity contribution in [2.24, 2.45) is 0 Å². The number of anilines is 1. The summed E-state index contributed by atoms with van der Waals surface area (Å²) in [6, 6.07) is 9.87. The number of para-hydroxylation sites is 1. The lowest BCUT2D eigenvalue weighted by molar-refractivity contribution is 0.0761. The first-order chi connectivity index (χ1) is 8.22. The fraction of sp³-hybridized carbons (Fsp3) is 0.462. The number of benzene rings is 1. The molecule has 1 aromatic carbocycles. The molecule has 1 aromatic rings. The minimum atomic E-state index is -0.505. The molecule has 1 aliphatic rings. The number of aliphatic hydroxyl groups excluding tert-OH is 1. The zero-order chi connectivity index (χ0) is 12.3. The molecule has 1 N–H and O–H groups in total. The highest BCUT2D eigenvalue weighted by Gasteiger charge is 2.22. The molecule has 90 valence electrons. The van der Waals surface area contributed by atoms with Crippen LogP contribution in [0.3, 0.4) is 0 Å². The third kappa shape index (κ3) is 2.57. The van der Waals surface area contributed by atoms with Crippen molar-refractivity contribution < 1.29 is 9.84 Å². The van der Waals surface area contributed by atoms with Gasteiger partial charge in [0.25, 0.3) is 0 Å². The summed E-state index contributed by atoms with van der Waals surface area (Å²) in [4.78, 5) is 2.10. The number of ether oxygens (including phenoxy) is 1. The number of rotatable bonds is 2. The highest BCUT2D eigenvalue weighted by molar-refractivity contribution is 5.55. The van der Waals surface area contributed by atoms with E-state index >= 15 is 0 Å². The van der Waals surface area contributed by atoms with E-state index in [9.17, 15) is 5.11 Å². The van der Waals surface area contributed by atoms with E-state index in [0.29, 0.717) is 13.2 Å². The van der Waals surface area contributed by atoms with Gasteiger partial charge in [-0.1, -0.05) is 18.2 Å². The Kier molecular flexibility index (Phi) is 3.62. The van der Waals surface area contributed by atoms with E-state index in [4.69, 9.17) is 10.00 Å². The van der Waals surface area contributed by atoms with E-state index in [1.54, 1.807) is 6.92 Å². The van der Waals surface area contributed by atoms with Crippen LogP contribution in [0.5, 0.6) is 0 Å². The van der Waals surface area contributed by atoms with Gasteiger partial charge in [-0.3, -0.25) is 0 Å². The molecule has 0 saturated carbocycles. The molecule has 1 saturated heterocycles. The summed E-state index contributed by atoms with van der Waals surface area (Å²) >= 11 is 0. The quantitative estimate of drug-likeness (QED) is 0.839. The fourth-order valence-electron chi connectivity index (χ4n) is 2.07. The lowest BCUT2D eigenvalue weighted by Gasteiger charge is -2.33. The predicted octanol–water partition coefficient (Wildman–Crippen LogP) is 1.47. The Bertz CT molecular complexity index is 426. The Morgan fingerprint density at radius 2 is 2.29 bits per heavy atom. The van der Waals surface area contributed by atoms with Crippen molar-refractivity contribution in [3.8, 4) is 6.07 Å². The van der Waals surface area contributed by atoms with Gasteiger partial charge in [-0.15, -0.1) is 0 Å². The minimum absolute atomic E-state index is 0.384. The van der Waals surface area contributed by atoms with E-state index in [-0.39, 0.29) is 6.10 Å². The lowest BCUT2D eigenvalue weighted by Crippen LogP contribution is -2.42. The topological polar surface area (TPSA) is 56.5 Å². The largest absolute Gasteiger partial charge is 0.389 e. The van der Waals surface area contributed by atoms with Crippen molar-refractivity contribution in [3.05, 3.63) is 29.8 Å². The second-order valence-corrected chi connectivity index (χ2v) is 4.17. The molecule has 0 aromatic heterocycles. The van der Waals surface area contributed by atoms with Crippen LogP contribution >= 0.6 is 0 Å². The van der Waals surface area contributed by atoms with Crippen LogP contribution < -0.4 is 4.90 Å². The van der Waals surface area contributed by atoms with Gasteiger partial charge >= 0.3 is 0 Å². The van der Waals surface area contributed by atoms with Crippen LogP contribution in [0.2, 0.25) is 0 Å². The Morgan fingerprint density at radius 3 is 3.00 bits per heavy atom. The summed E-state index contributed by atoms with van der Waals surface area (Å²) < 4.78 is 5.31. The summed E-state index contributed by atoms with van der Waals surface area (Å²) in [6.45, 7) is 3.61. The highest BCUT2D eigenvalue weighted by Crippen LogP contribution is 2.27. The number of aliphatic hydroxyl groups is 1. The van der Waals surface area contributed by atoms with Crippen molar-refractivity contribution in [3.63, 3.8) is 0 Å². The zero-order valence-electron chi connectivity index (χ0n) is 9.84. The van der Waals surface area contributed by atoms with Crippen LogP contribution in [-0.2, 0) is 4.74 Å². The molecule has 0 radical (unpaired) electrons. The Labute approximate surface area is 101 Å². The molecule has 1 heterocycles. The highest BCUT2D eigenvalue weighted by atomic mass is 16.5. The van der Waals surface area contributed by atoms with Gasteiger partial charge in [-0.25, -0.2) is 0 Å². The van der Waals surface area contributed by atoms with E-state index < -0.39 is 6.10 Å². The average molecular weight is 232 g/mol. The van der Waals surface area contributed by atoms with E-state index in [2.05, 4.69) is 11.0 Å². The van der Waals surface area contributed by atoms with Crippen LogP contribution in [-0.4, -0.2) is 30.9 Å². The monoisotopic (exact) mass is 232 g/mol.